The van der Waals surface area contributed by atoms with Gasteiger partial charge in [0, 0.05) is 5.92 Å². The lowest BCUT2D eigenvalue weighted by Crippen LogP contribution is -1.97. The van der Waals surface area contributed by atoms with Crippen molar-refractivity contribution in [3.8, 4) is 5.75 Å². The second-order valence-corrected chi connectivity index (χ2v) is 2.92. The first-order valence-electron chi connectivity index (χ1n) is 3.90. The SMILES string of the molecule is Cc1c(O)cccc1C(C)C=O. The van der Waals surface area contributed by atoms with Crippen molar-refractivity contribution < 1.29 is 9.90 Å². The summed E-state index contributed by atoms with van der Waals surface area (Å²) >= 11 is 0. The maximum absolute atomic E-state index is 10.5. The van der Waals surface area contributed by atoms with Crippen LogP contribution in [0.25, 0.3) is 0 Å². The second kappa shape index (κ2) is 3.39. The van der Waals surface area contributed by atoms with Crippen LogP contribution in [0.1, 0.15) is 24.0 Å². The van der Waals surface area contributed by atoms with Gasteiger partial charge < -0.3 is 9.90 Å². The third kappa shape index (κ3) is 1.47. The quantitative estimate of drug-likeness (QED) is 0.679. The Kier molecular flexibility index (Phi) is 2.48. The molecule has 0 radical (unpaired) electrons. The van der Waals surface area contributed by atoms with Gasteiger partial charge in [0.15, 0.2) is 0 Å². The van der Waals surface area contributed by atoms with Gasteiger partial charge in [-0.15, -0.1) is 0 Å². The molecule has 1 atom stereocenters. The van der Waals surface area contributed by atoms with Crippen molar-refractivity contribution in [3.05, 3.63) is 29.3 Å². The van der Waals surface area contributed by atoms with Crippen LogP contribution in [0.4, 0.5) is 0 Å². The van der Waals surface area contributed by atoms with Crippen molar-refractivity contribution in [2.45, 2.75) is 19.8 Å². The molecule has 1 aromatic rings. The Balaban J connectivity index is 3.15. The van der Waals surface area contributed by atoms with Crippen LogP contribution in [0.2, 0.25) is 0 Å². The summed E-state index contributed by atoms with van der Waals surface area (Å²) in [4.78, 5) is 10.5. The highest BCUT2D eigenvalue weighted by atomic mass is 16.3. The molecule has 0 amide bonds. The molecule has 0 aromatic heterocycles. The monoisotopic (exact) mass is 164 g/mol. The predicted molar refractivity (Wildman–Crippen MR) is 47.3 cm³/mol. The predicted octanol–water partition coefficient (Wildman–Crippen LogP) is 2.00. The molecule has 1 unspecified atom stereocenters. The van der Waals surface area contributed by atoms with Gasteiger partial charge in [-0.1, -0.05) is 19.1 Å². The van der Waals surface area contributed by atoms with Gasteiger partial charge in [0.25, 0.3) is 0 Å². The van der Waals surface area contributed by atoms with Gasteiger partial charge in [-0.05, 0) is 24.1 Å². The third-order valence-electron chi connectivity index (χ3n) is 2.04. The highest BCUT2D eigenvalue weighted by Crippen LogP contribution is 2.24. The van der Waals surface area contributed by atoms with E-state index in [2.05, 4.69) is 0 Å². The minimum atomic E-state index is -0.142. The molecule has 0 saturated heterocycles. The van der Waals surface area contributed by atoms with Crippen molar-refractivity contribution in [2.24, 2.45) is 0 Å². The summed E-state index contributed by atoms with van der Waals surface area (Å²) in [6.07, 6.45) is 0.877. The molecule has 0 aliphatic heterocycles. The van der Waals surface area contributed by atoms with E-state index in [1.54, 1.807) is 12.1 Å². The molecular weight excluding hydrogens is 152 g/mol. The summed E-state index contributed by atoms with van der Waals surface area (Å²) < 4.78 is 0. The number of phenols is 1. The minimum Gasteiger partial charge on any atom is -0.508 e. The first-order chi connectivity index (χ1) is 5.66. The Morgan fingerprint density at radius 2 is 2.17 bits per heavy atom. The van der Waals surface area contributed by atoms with Crippen LogP contribution in [0.15, 0.2) is 18.2 Å². The molecule has 0 heterocycles. The molecule has 0 aliphatic carbocycles. The van der Waals surface area contributed by atoms with E-state index >= 15 is 0 Å². The van der Waals surface area contributed by atoms with Crippen LogP contribution in [0, 0.1) is 6.92 Å². The largest absolute Gasteiger partial charge is 0.508 e. The number of phenolic OH excluding ortho intramolecular Hbond substituents is 1. The maximum Gasteiger partial charge on any atom is 0.127 e. The van der Waals surface area contributed by atoms with Crippen LogP contribution in [0.5, 0.6) is 5.75 Å². The lowest BCUT2D eigenvalue weighted by atomic mass is 9.97. The number of rotatable bonds is 2. The second-order valence-electron chi connectivity index (χ2n) is 2.92. The third-order valence-corrected chi connectivity index (χ3v) is 2.04. The smallest absolute Gasteiger partial charge is 0.127 e. The molecule has 2 heteroatoms. The number of benzene rings is 1. The van der Waals surface area contributed by atoms with Gasteiger partial charge in [-0.25, -0.2) is 0 Å². The molecule has 1 rings (SSSR count). The topological polar surface area (TPSA) is 37.3 Å². The number of carbonyl (C=O) groups excluding carboxylic acids is 1. The molecule has 0 saturated carbocycles. The standard InChI is InChI=1S/C10H12O2/c1-7(6-11)9-4-3-5-10(12)8(9)2/h3-7,12H,1-2H3. The number of hydrogen-bond donors (Lipinski definition) is 1. The Morgan fingerprint density at radius 3 is 2.75 bits per heavy atom. The van der Waals surface area contributed by atoms with Crippen molar-refractivity contribution >= 4 is 6.29 Å². The lowest BCUT2D eigenvalue weighted by Gasteiger charge is -2.08. The van der Waals surface area contributed by atoms with Crippen LogP contribution in [-0.2, 0) is 4.79 Å². The molecule has 1 N–H and O–H groups in total. The van der Waals surface area contributed by atoms with E-state index < -0.39 is 0 Å². The van der Waals surface area contributed by atoms with Gasteiger partial charge in [-0.3, -0.25) is 0 Å². The Bertz CT molecular complexity index is 292. The van der Waals surface area contributed by atoms with Gasteiger partial charge >= 0.3 is 0 Å². The van der Waals surface area contributed by atoms with E-state index in [-0.39, 0.29) is 11.7 Å². The Morgan fingerprint density at radius 1 is 1.50 bits per heavy atom. The fourth-order valence-electron chi connectivity index (χ4n) is 1.21. The van der Waals surface area contributed by atoms with Crippen LogP contribution in [-0.4, -0.2) is 11.4 Å². The van der Waals surface area contributed by atoms with Gasteiger partial charge in [0.1, 0.15) is 12.0 Å². The Hall–Kier alpha value is -1.31. The normalized spacial score (nSPS) is 12.5. The first-order valence-corrected chi connectivity index (χ1v) is 3.90. The summed E-state index contributed by atoms with van der Waals surface area (Å²) in [7, 11) is 0. The summed E-state index contributed by atoms with van der Waals surface area (Å²) in [6.45, 7) is 3.62. The average Bonchev–Trinajstić information content (AvgIpc) is 2.08. The highest BCUT2D eigenvalue weighted by molar-refractivity contribution is 5.63. The van der Waals surface area contributed by atoms with E-state index in [0.717, 1.165) is 17.4 Å². The van der Waals surface area contributed by atoms with Crippen LogP contribution in [0.3, 0.4) is 0 Å². The molecular formula is C10H12O2. The highest BCUT2D eigenvalue weighted by Gasteiger charge is 2.08. The number of hydrogen-bond acceptors (Lipinski definition) is 2. The fraction of sp³-hybridized carbons (Fsp3) is 0.300. The summed E-state index contributed by atoms with van der Waals surface area (Å²) in [6, 6.07) is 5.22. The van der Waals surface area contributed by atoms with E-state index in [1.165, 1.54) is 0 Å². The van der Waals surface area contributed by atoms with Crippen LogP contribution >= 0.6 is 0 Å². The van der Waals surface area contributed by atoms with Gasteiger partial charge in [-0.2, -0.15) is 0 Å². The van der Waals surface area contributed by atoms with Crippen molar-refractivity contribution in [2.75, 3.05) is 0 Å². The summed E-state index contributed by atoms with van der Waals surface area (Å²) in [5, 5.41) is 9.33. The van der Waals surface area contributed by atoms with E-state index in [1.807, 2.05) is 19.9 Å². The van der Waals surface area contributed by atoms with E-state index in [0.29, 0.717) is 0 Å². The zero-order valence-corrected chi connectivity index (χ0v) is 7.24. The van der Waals surface area contributed by atoms with Gasteiger partial charge in [0.05, 0.1) is 0 Å². The van der Waals surface area contributed by atoms with E-state index in [9.17, 15) is 9.90 Å². The molecule has 0 spiro atoms. The van der Waals surface area contributed by atoms with Gasteiger partial charge in [0.2, 0.25) is 0 Å². The zero-order valence-electron chi connectivity index (χ0n) is 7.24. The minimum absolute atomic E-state index is 0.142. The molecule has 64 valence electrons. The molecule has 2 nitrogen and oxygen atoms in total. The first kappa shape index (κ1) is 8.78. The molecule has 0 bridgehead atoms. The maximum atomic E-state index is 10.5. The molecule has 0 fully saturated rings. The number of carbonyl (C=O) groups is 1. The number of aldehydes is 1. The lowest BCUT2D eigenvalue weighted by molar-refractivity contribution is -0.108. The molecule has 0 aliphatic rings. The fourth-order valence-corrected chi connectivity index (χ4v) is 1.21. The van der Waals surface area contributed by atoms with E-state index in [4.69, 9.17) is 0 Å². The Labute approximate surface area is 71.8 Å². The van der Waals surface area contributed by atoms with Crippen molar-refractivity contribution in [1.82, 2.24) is 0 Å². The molecule has 12 heavy (non-hydrogen) atoms. The number of aromatic hydroxyl groups is 1. The van der Waals surface area contributed by atoms with Crippen molar-refractivity contribution in [3.63, 3.8) is 0 Å². The zero-order chi connectivity index (χ0) is 9.14. The molecule has 1 aromatic carbocycles. The summed E-state index contributed by atoms with van der Waals surface area (Å²) in [5.74, 6) is 0.110. The summed E-state index contributed by atoms with van der Waals surface area (Å²) in [5.41, 5.74) is 1.68. The van der Waals surface area contributed by atoms with Crippen molar-refractivity contribution in [1.29, 1.82) is 0 Å². The van der Waals surface area contributed by atoms with Crippen LogP contribution < -0.4 is 0 Å². The average molecular weight is 164 g/mol.